The van der Waals surface area contributed by atoms with E-state index in [4.69, 9.17) is 0 Å². The highest BCUT2D eigenvalue weighted by molar-refractivity contribution is 5.25. The summed E-state index contributed by atoms with van der Waals surface area (Å²) in [6, 6.07) is 9.30. The highest BCUT2D eigenvalue weighted by Crippen LogP contribution is 2.21. The van der Waals surface area contributed by atoms with Crippen LogP contribution in [0.1, 0.15) is 42.4 Å². The van der Waals surface area contributed by atoms with Crippen molar-refractivity contribution < 1.29 is 0 Å². The molecule has 0 aliphatic carbocycles. The van der Waals surface area contributed by atoms with Gasteiger partial charge in [0.2, 0.25) is 0 Å². The molecule has 3 nitrogen and oxygen atoms in total. The van der Waals surface area contributed by atoms with Gasteiger partial charge in [0.25, 0.3) is 0 Å². The number of nitrogens with one attached hydrogen (secondary N) is 1. The van der Waals surface area contributed by atoms with Gasteiger partial charge in [-0.15, -0.1) is 0 Å². The zero-order valence-corrected chi connectivity index (χ0v) is 11.7. The van der Waals surface area contributed by atoms with E-state index in [0.29, 0.717) is 6.04 Å². The summed E-state index contributed by atoms with van der Waals surface area (Å²) in [5.74, 6) is 0. The Labute approximate surface area is 114 Å². The molecular weight excluding hydrogens is 234 g/mol. The van der Waals surface area contributed by atoms with Crippen LogP contribution in [0, 0.1) is 0 Å². The average Bonchev–Trinajstić information content (AvgIpc) is 2.84. The van der Waals surface area contributed by atoms with Crippen molar-refractivity contribution in [2.45, 2.75) is 39.3 Å². The van der Waals surface area contributed by atoms with Crippen molar-refractivity contribution in [1.82, 2.24) is 14.9 Å². The fourth-order valence-corrected chi connectivity index (χ4v) is 2.77. The van der Waals surface area contributed by atoms with Crippen molar-refractivity contribution >= 4 is 0 Å². The smallest absolute Gasteiger partial charge is 0.0955 e. The van der Waals surface area contributed by atoms with Crippen LogP contribution in [0.25, 0.3) is 0 Å². The second-order valence-corrected chi connectivity index (χ2v) is 5.30. The van der Waals surface area contributed by atoms with Gasteiger partial charge in [0.15, 0.2) is 0 Å². The van der Waals surface area contributed by atoms with E-state index < -0.39 is 0 Å². The number of hydrogen-bond donors (Lipinski definition) is 1. The number of rotatable bonds is 3. The number of hydrogen-bond acceptors (Lipinski definition) is 2. The Morgan fingerprint density at radius 3 is 2.74 bits per heavy atom. The molecule has 100 valence electrons. The van der Waals surface area contributed by atoms with Crippen LogP contribution in [-0.2, 0) is 19.4 Å². The molecule has 1 aliphatic rings. The van der Waals surface area contributed by atoms with Gasteiger partial charge in [-0.3, -0.25) is 0 Å². The zero-order chi connectivity index (χ0) is 13.2. The summed E-state index contributed by atoms with van der Waals surface area (Å²) in [4.78, 5) is 4.57. The molecule has 3 rings (SSSR count). The third-order valence-electron chi connectivity index (χ3n) is 3.99. The maximum atomic E-state index is 4.57. The Hall–Kier alpha value is -1.61. The Kier molecular flexibility index (Phi) is 3.38. The monoisotopic (exact) mass is 255 g/mol. The van der Waals surface area contributed by atoms with E-state index in [1.807, 2.05) is 6.33 Å². The first-order valence-electron chi connectivity index (χ1n) is 7.13. The topological polar surface area (TPSA) is 29.9 Å². The average molecular weight is 255 g/mol. The van der Waals surface area contributed by atoms with Crippen LogP contribution in [0.5, 0.6) is 0 Å². The van der Waals surface area contributed by atoms with Crippen molar-refractivity contribution in [2.75, 3.05) is 6.54 Å². The second-order valence-electron chi connectivity index (χ2n) is 5.30. The lowest BCUT2D eigenvalue weighted by molar-refractivity contribution is 0.516. The summed E-state index contributed by atoms with van der Waals surface area (Å²) in [7, 11) is 0. The fourth-order valence-electron chi connectivity index (χ4n) is 2.77. The van der Waals surface area contributed by atoms with Crippen LogP contribution >= 0.6 is 0 Å². The predicted octanol–water partition coefficient (Wildman–Crippen LogP) is 2.70. The van der Waals surface area contributed by atoms with Gasteiger partial charge in [0.05, 0.1) is 12.0 Å². The SMILES string of the molecule is CCc1ccc(Cn2cnc3c2CCNC3C)cc1. The van der Waals surface area contributed by atoms with Crippen LogP contribution in [0.2, 0.25) is 0 Å². The maximum absolute atomic E-state index is 4.57. The number of aromatic nitrogens is 2. The summed E-state index contributed by atoms with van der Waals surface area (Å²) < 4.78 is 2.30. The van der Waals surface area contributed by atoms with Crippen molar-refractivity contribution in [1.29, 1.82) is 0 Å². The molecule has 0 saturated heterocycles. The van der Waals surface area contributed by atoms with Crippen molar-refractivity contribution in [3.05, 3.63) is 53.1 Å². The van der Waals surface area contributed by atoms with Crippen LogP contribution in [0.4, 0.5) is 0 Å². The summed E-state index contributed by atoms with van der Waals surface area (Å²) in [6.07, 6.45) is 4.17. The molecule has 0 amide bonds. The molecule has 0 fully saturated rings. The van der Waals surface area contributed by atoms with Gasteiger partial charge >= 0.3 is 0 Å². The molecule has 1 aliphatic heterocycles. The molecule has 0 radical (unpaired) electrons. The molecule has 0 bridgehead atoms. The van der Waals surface area contributed by atoms with Gasteiger partial charge in [-0.25, -0.2) is 4.98 Å². The first kappa shape index (κ1) is 12.4. The first-order valence-corrected chi connectivity index (χ1v) is 7.13. The first-order chi connectivity index (χ1) is 9.28. The lowest BCUT2D eigenvalue weighted by Gasteiger charge is -2.21. The Balaban J connectivity index is 1.83. The summed E-state index contributed by atoms with van der Waals surface area (Å²) >= 11 is 0. The van der Waals surface area contributed by atoms with E-state index in [9.17, 15) is 0 Å². The van der Waals surface area contributed by atoms with Gasteiger partial charge in [-0.1, -0.05) is 31.2 Å². The molecule has 2 heterocycles. The van der Waals surface area contributed by atoms with E-state index >= 15 is 0 Å². The fraction of sp³-hybridized carbons (Fsp3) is 0.438. The van der Waals surface area contributed by atoms with Crippen molar-refractivity contribution in [3.8, 4) is 0 Å². The summed E-state index contributed by atoms with van der Waals surface area (Å²) in [5, 5.41) is 3.45. The van der Waals surface area contributed by atoms with E-state index in [1.165, 1.54) is 22.5 Å². The number of imidazole rings is 1. The molecule has 1 aromatic carbocycles. The van der Waals surface area contributed by atoms with E-state index in [2.05, 4.69) is 53.0 Å². The lowest BCUT2D eigenvalue weighted by Crippen LogP contribution is -2.29. The van der Waals surface area contributed by atoms with Gasteiger partial charge in [-0.05, 0) is 24.5 Å². The molecule has 0 spiro atoms. The Morgan fingerprint density at radius 1 is 1.26 bits per heavy atom. The molecule has 1 unspecified atom stereocenters. The minimum Gasteiger partial charge on any atom is -0.330 e. The van der Waals surface area contributed by atoms with Gasteiger partial charge in [0.1, 0.15) is 0 Å². The molecule has 0 saturated carbocycles. The largest absolute Gasteiger partial charge is 0.330 e. The van der Waals surface area contributed by atoms with Gasteiger partial charge in [0, 0.05) is 31.2 Å². The highest BCUT2D eigenvalue weighted by Gasteiger charge is 2.20. The lowest BCUT2D eigenvalue weighted by atomic mass is 10.1. The molecule has 2 aromatic rings. The maximum Gasteiger partial charge on any atom is 0.0955 e. The van der Waals surface area contributed by atoms with Gasteiger partial charge < -0.3 is 9.88 Å². The number of nitrogens with zero attached hydrogens (tertiary/aromatic N) is 2. The molecule has 19 heavy (non-hydrogen) atoms. The van der Waals surface area contributed by atoms with Crippen molar-refractivity contribution in [2.24, 2.45) is 0 Å². The predicted molar refractivity (Wildman–Crippen MR) is 77.3 cm³/mol. The van der Waals surface area contributed by atoms with Crippen LogP contribution in [-0.4, -0.2) is 16.1 Å². The third-order valence-corrected chi connectivity index (χ3v) is 3.99. The minimum atomic E-state index is 0.382. The van der Waals surface area contributed by atoms with E-state index in [0.717, 1.165) is 25.9 Å². The Bertz CT molecular complexity index is 554. The molecular formula is C16H21N3. The summed E-state index contributed by atoms with van der Waals surface area (Å²) in [6.45, 7) is 6.36. The number of aryl methyl sites for hydroxylation is 1. The Morgan fingerprint density at radius 2 is 2.00 bits per heavy atom. The van der Waals surface area contributed by atoms with Crippen LogP contribution in [0.3, 0.4) is 0 Å². The molecule has 1 aromatic heterocycles. The van der Waals surface area contributed by atoms with E-state index in [-0.39, 0.29) is 0 Å². The second kappa shape index (κ2) is 5.17. The quantitative estimate of drug-likeness (QED) is 0.914. The van der Waals surface area contributed by atoms with Gasteiger partial charge in [-0.2, -0.15) is 0 Å². The molecule has 1 atom stereocenters. The number of fused-ring (bicyclic) bond motifs is 1. The van der Waals surface area contributed by atoms with Crippen LogP contribution in [0.15, 0.2) is 30.6 Å². The van der Waals surface area contributed by atoms with Crippen molar-refractivity contribution in [3.63, 3.8) is 0 Å². The van der Waals surface area contributed by atoms with E-state index in [1.54, 1.807) is 0 Å². The standard InChI is InChI=1S/C16H21N3/c1-3-13-4-6-14(7-5-13)10-19-11-18-16-12(2)17-9-8-15(16)19/h4-7,11-12,17H,3,8-10H2,1-2H3. The molecule has 1 N–H and O–H groups in total. The normalized spacial score (nSPS) is 18.3. The molecule has 3 heteroatoms. The minimum absolute atomic E-state index is 0.382. The third kappa shape index (κ3) is 2.43. The van der Waals surface area contributed by atoms with Crippen LogP contribution < -0.4 is 5.32 Å². The summed E-state index contributed by atoms with van der Waals surface area (Å²) in [5.41, 5.74) is 5.36. The zero-order valence-electron chi connectivity index (χ0n) is 11.7. The number of benzene rings is 1. The highest BCUT2D eigenvalue weighted by atomic mass is 15.1.